The number of pyridine rings is 1. The van der Waals surface area contributed by atoms with E-state index >= 15 is 0 Å². The summed E-state index contributed by atoms with van der Waals surface area (Å²) in [5.74, 6) is 0.218. The summed E-state index contributed by atoms with van der Waals surface area (Å²) in [6, 6.07) is 9.76. The van der Waals surface area contributed by atoms with E-state index in [0.717, 1.165) is 60.0 Å². The highest BCUT2D eigenvalue weighted by Gasteiger charge is 2.33. The second kappa shape index (κ2) is 10.8. The molecule has 40 heavy (non-hydrogen) atoms. The van der Waals surface area contributed by atoms with E-state index in [2.05, 4.69) is 50.5 Å². The number of anilines is 1. The van der Waals surface area contributed by atoms with Gasteiger partial charge in [0.1, 0.15) is 24.2 Å². The molecule has 1 aliphatic heterocycles. The molecule has 5 aromatic rings. The first kappa shape index (κ1) is 26.2. The van der Waals surface area contributed by atoms with Crippen LogP contribution in [0.1, 0.15) is 18.9 Å². The molecule has 0 aliphatic carbocycles. The fourth-order valence-corrected chi connectivity index (χ4v) is 6.02. The van der Waals surface area contributed by atoms with Crippen LogP contribution in [0.25, 0.3) is 33.5 Å². The molecule has 1 saturated heterocycles. The minimum absolute atomic E-state index is 0.0760. The van der Waals surface area contributed by atoms with E-state index in [4.69, 9.17) is 14.3 Å². The summed E-state index contributed by atoms with van der Waals surface area (Å²) in [4.78, 5) is 20.1. The molecule has 2 atom stereocenters. The Morgan fingerprint density at radius 3 is 2.95 bits per heavy atom. The van der Waals surface area contributed by atoms with E-state index in [1.165, 1.54) is 0 Å². The lowest BCUT2D eigenvalue weighted by atomic mass is 9.96. The summed E-state index contributed by atoms with van der Waals surface area (Å²) in [7, 11) is -1.14. The van der Waals surface area contributed by atoms with Crippen LogP contribution < -0.4 is 4.90 Å². The summed E-state index contributed by atoms with van der Waals surface area (Å²) in [6.07, 6.45) is 10.4. The molecule has 1 aliphatic rings. The van der Waals surface area contributed by atoms with Gasteiger partial charge in [-0.25, -0.2) is 15.0 Å². The number of nitriles is 1. The monoisotopic (exact) mass is 555 g/mol. The SMILES string of the molecule is C[Si](C)(C)CCOCn1ccc2c(-c3cnn(C(CC#N)C4CCN(c5nc6cccnc6o5)C4)c3)ncnc21. The van der Waals surface area contributed by atoms with Crippen LogP contribution in [0.5, 0.6) is 0 Å². The van der Waals surface area contributed by atoms with Crippen LogP contribution in [-0.2, 0) is 11.5 Å². The van der Waals surface area contributed by atoms with Gasteiger partial charge in [0.05, 0.1) is 30.4 Å². The quantitative estimate of drug-likeness (QED) is 0.170. The van der Waals surface area contributed by atoms with Gasteiger partial charge in [-0.2, -0.15) is 15.3 Å². The van der Waals surface area contributed by atoms with Crippen LogP contribution in [-0.4, -0.2) is 62.1 Å². The van der Waals surface area contributed by atoms with Crippen molar-refractivity contribution in [2.75, 3.05) is 24.6 Å². The smallest absolute Gasteiger partial charge is 0.299 e. The Hall–Kier alpha value is -4.08. The standard InChI is InChI=1S/C28H33N9O2Si/c1-40(2,3)14-13-38-19-36-12-8-22-25(31-18-32-26(22)36)21-15-33-37(17-21)24(6-9-29)20-7-11-35(16-20)28-34-23-5-4-10-30-27(23)39-28/h4-5,8,10,12,15,17-18,20,24H,6-7,11,13-14,16,19H2,1-3H3. The minimum Gasteiger partial charge on any atom is -0.404 e. The maximum atomic E-state index is 9.66. The fraction of sp³-hybridized carbons (Fsp3) is 0.429. The highest BCUT2D eigenvalue weighted by atomic mass is 28.3. The molecule has 12 heteroatoms. The highest BCUT2D eigenvalue weighted by molar-refractivity contribution is 6.76. The minimum atomic E-state index is -1.14. The Kier molecular flexibility index (Phi) is 7.08. The van der Waals surface area contributed by atoms with Crippen LogP contribution in [0.4, 0.5) is 6.01 Å². The van der Waals surface area contributed by atoms with Crippen molar-refractivity contribution in [3.05, 3.63) is 49.3 Å². The topological polar surface area (TPSA) is 124 Å². The Bertz CT molecular complexity index is 1630. The molecule has 0 spiro atoms. The third-order valence-electron chi connectivity index (χ3n) is 7.49. The normalized spacial score (nSPS) is 16.6. The number of aromatic nitrogens is 7. The van der Waals surface area contributed by atoms with E-state index in [0.29, 0.717) is 24.9 Å². The number of oxazole rings is 1. The van der Waals surface area contributed by atoms with Gasteiger partial charge in [0, 0.05) is 63.2 Å². The molecule has 0 N–H and O–H groups in total. The second-order valence-electron chi connectivity index (χ2n) is 11.6. The molecule has 0 aromatic carbocycles. The van der Waals surface area contributed by atoms with Gasteiger partial charge < -0.3 is 18.6 Å². The van der Waals surface area contributed by atoms with Gasteiger partial charge in [0.2, 0.25) is 5.71 Å². The average molecular weight is 556 g/mol. The summed E-state index contributed by atoms with van der Waals surface area (Å²) >= 11 is 0. The Labute approximate surface area is 233 Å². The lowest BCUT2D eigenvalue weighted by molar-refractivity contribution is 0.0899. The lowest BCUT2D eigenvalue weighted by Crippen LogP contribution is -2.25. The third-order valence-corrected chi connectivity index (χ3v) is 9.20. The molecule has 0 radical (unpaired) electrons. The molecule has 0 saturated carbocycles. The second-order valence-corrected chi connectivity index (χ2v) is 17.2. The highest BCUT2D eigenvalue weighted by Crippen LogP contribution is 2.35. The molecular weight excluding hydrogens is 522 g/mol. The molecule has 1 fully saturated rings. The van der Waals surface area contributed by atoms with E-state index < -0.39 is 8.07 Å². The third kappa shape index (κ3) is 5.35. The van der Waals surface area contributed by atoms with Gasteiger partial charge in [0.15, 0.2) is 0 Å². The van der Waals surface area contributed by atoms with Gasteiger partial charge in [-0.1, -0.05) is 19.6 Å². The van der Waals surface area contributed by atoms with Crippen LogP contribution >= 0.6 is 0 Å². The van der Waals surface area contributed by atoms with Gasteiger partial charge in [0.25, 0.3) is 6.01 Å². The number of ether oxygens (including phenoxy) is 1. The summed E-state index contributed by atoms with van der Waals surface area (Å²) in [5, 5.41) is 15.3. The maximum Gasteiger partial charge on any atom is 0.299 e. The predicted molar refractivity (Wildman–Crippen MR) is 154 cm³/mol. The summed E-state index contributed by atoms with van der Waals surface area (Å²) in [6.45, 7) is 9.78. The maximum absolute atomic E-state index is 9.66. The Balaban J connectivity index is 1.19. The van der Waals surface area contributed by atoms with Crippen LogP contribution in [0.3, 0.4) is 0 Å². The van der Waals surface area contributed by atoms with E-state index in [-0.39, 0.29) is 12.0 Å². The molecule has 0 bridgehead atoms. The van der Waals surface area contributed by atoms with E-state index in [9.17, 15) is 5.26 Å². The van der Waals surface area contributed by atoms with E-state index in [1.54, 1.807) is 12.5 Å². The number of nitrogens with zero attached hydrogens (tertiary/aromatic N) is 9. The predicted octanol–water partition coefficient (Wildman–Crippen LogP) is 5.12. The zero-order chi connectivity index (χ0) is 27.7. The zero-order valence-corrected chi connectivity index (χ0v) is 24.1. The molecular formula is C28H33N9O2Si. The Morgan fingerprint density at radius 2 is 2.12 bits per heavy atom. The van der Waals surface area contributed by atoms with Crippen molar-refractivity contribution in [3.63, 3.8) is 0 Å². The number of hydrogen-bond acceptors (Lipinski definition) is 9. The average Bonchev–Trinajstić information content (AvgIpc) is 3.74. The van der Waals surface area contributed by atoms with Crippen molar-refractivity contribution in [3.8, 4) is 17.3 Å². The van der Waals surface area contributed by atoms with Crippen molar-refractivity contribution in [2.24, 2.45) is 5.92 Å². The van der Waals surface area contributed by atoms with Crippen molar-refractivity contribution in [1.82, 2.24) is 34.3 Å². The number of fused-ring (bicyclic) bond motifs is 2. The molecule has 206 valence electrons. The lowest BCUT2D eigenvalue weighted by Gasteiger charge is -2.22. The van der Waals surface area contributed by atoms with Gasteiger partial charge >= 0.3 is 0 Å². The van der Waals surface area contributed by atoms with E-state index in [1.807, 2.05) is 46.0 Å². The van der Waals surface area contributed by atoms with Gasteiger partial charge in [-0.3, -0.25) is 4.68 Å². The van der Waals surface area contributed by atoms with Crippen LogP contribution in [0, 0.1) is 17.2 Å². The van der Waals surface area contributed by atoms with Crippen molar-refractivity contribution < 1.29 is 9.15 Å². The van der Waals surface area contributed by atoms with Crippen LogP contribution in [0.15, 0.2) is 53.7 Å². The number of rotatable bonds is 10. The Morgan fingerprint density at radius 1 is 1.23 bits per heavy atom. The molecule has 6 rings (SSSR count). The van der Waals surface area contributed by atoms with Gasteiger partial charge in [-0.15, -0.1) is 0 Å². The molecule has 5 aromatic heterocycles. The molecule has 11 nitrogen and oxygen atoms in total. The first-order valence-corrected chi connectivity index (χ1v) is 17.4. The largest absolute Gasteiger partial charge is 0.404 e. The zero-order valence-electron chi connectivity index (χ0n) is 23.1. The fourth-order valence-electron chi connectivity index (χ4n) is 5.26. The molecule has 6 heterocycles. The summed E-state index contributed by atoms with van der Waals surface area (Å²) in [5.41, 5.74) is 3.83. The first-order chi connectivity index (χ1) is 19.4. The summed E-state index contributed by atoms with van der Waals surface area (Å²) < 4.78 is 15.8. The van der Waals surface area contributed by atoms with Crippen LogP contribution in [0.2, 0.25) is 25.7 Å². The van der Waals surface area contributed by atoms with Crippen molar-refractivity contribution in [2.45, 2.75) is 51.3 Å². The van der Waals surface area contributed by atoms with Crippen molar-refractivity contribution in [1.29, 1.82) is 5.26 Å². The first-order valence-electron chi connectivity index (χ1n) is 13.7. The number of hydrogen-bond donors (Lipinski definition) is 0. The van der Waals surface area contributed by atoms with Crippen molar-refractivity contribution >= 4 is 36.4 Å². The molecule has 2 unspecified atom stereocenters. The van der Waals surface area contributed by atoms with Gasteiger partial charge in [-0.05, 0) is 30.7 Å². The molecule has 0 amide bonds.